The molecule has 2 aromatic carbocycles. The van der Waals surface area contributed by atoms with Gasteiger partial charge >= 0.3 is 0 Å². The Kier molecular flexibility index (Phi) is 5.30. The number of amides is 2. The highest BCUT2D eigenvalue weighted by Gasteiger charge is 2.14. The minimum atomic E-state index is -0.713. The van der Waals surface area contributed by atoms with Crippen molar-refractivity contribution in [3.8, 4) is 5.75 Å². The van der Waals surface area contributed by atoms with Gasteiger partial charge in [-0.15, -0.1) is 0 Å². The van der Waals surface area contributed by atoms with Gasteiger partial charge in [0.05, 0.1) is 0 Å². The molecule has 2 aromatic rings. The van der Waals surface area contributed by atoms with E-state index in [-0.39, 0.29) is 18.3 Å². The van der Waals surface area contributed by atoms with Gasteiger partial charge in [0.2, 0.25) is 5.91 Å². The molecular formula is C17H17FN2O3. The van der Waals surface area contributed by atoms with E-state index in [1.807, 2.05) is 0 Å². The second kappa shape index (κ2) is 7.40. The summed E-state index contributed by atoms with van der Waals surface area (Å²) < 4.78 is 18.3. The van der Waals surface area contributed by atoms with Crippen LogP contribution in [0.4, 0.5) is 4.39 Å². The standard InChI is InChI=1S/C17H17FN2O3/c1-11(23-15-8-4-13(5-9-15)16(19)21)17(22)20-10-12-2-6-14(18)7-3-12/h2-9,11H,10H2,1H3,(H2,19,21)(H,20,22)/t11-/m1/s1. The summed E-state index contributed by atoms with van der Waals surface area (Å²) in [6, 6.07) is 12.1. The molecule has 23 heavy (non-hydrogen) atoms. The van der Waals surface area contributed by atoms with Gasteiger partial charge < -0.3 is 15.8 Å². The van der Waals surface area contributed by atoms with Gasteiger partial charge in [-0.2, -0.15) is 0 Å². The van der Waals surface area contributed by atoms with Gasteiger partial charge in [0.15, 0.2) is 6.10 Å². The fraction of sp³-hybridized carbons (Fsp3) is 0.176. The number of hydrogen-bond acceptors (Lipinski definition) is 3. The molecule has 0 aliphatic rings. The Morgan fingerprint density at radius 3 is 2.30 bits per heavy atom. The zero-order valence-corrected chi connectivity index (χ0v) is 12.6. The fourth-order valence-corrected chi connectivity index (χ4v) is 1.89. The summed E-state index contributed by atoms with van der Waals surface area (Å²) in [5.74, 6) is -0.689. The molecule has 0 bridgehead atoms. The van der Waals surface area contributed by atoms with Crippen LogP contribution in [0.1, 0.15) is 22.8 Å². The summed E-state index contributed by atoms with van der Waals surface area (Å²) in [4.78, 5) is 23.0. The number of carbonyl (C=O) groups excluding carboxylic acids is 2. The zero-order chi connectivity index (χ0) is 16.8. The van der Waals surface area contributed by atoms with E-state index in [0.29, 0.717) is 11.3 Å². The van der Waals surface area contributed by atoms with Crippen LogP contribution < -0.4 is 15.8 Å². The van der Waals surface area contributed by atoms with Crippen molar-refractivity contribution in [2.45, 2.75) is 19.6 Å². The van der Waals surface area contributed by atoms with Crippen molar-refractivity contribution < 1.29 is 18.7 Å². The first kappa shape index (κ1) is 16.5. The third kappa shape index (κ3) is 4.81. The molecule has 2 amide bonds. The molecule has 0 aliphatic heterocycles. The van der Waals surface area contributed by atoms with Crippen LogP contribution in [0, 0.1) is 5.82 Å². The molecule has 0 spiro atoms. The largest absolute Gasteiger partial charge is 0.481 e. The average Bonchev–Trinajstić information content (AvgIpc) is 2.54. The first-order chi connectivity index (χ1) is 11.0. The van der Waals surface area contributed by atoms with Gasteiger partial charge in [-0.05, 0) is 48.9 Å². The highest BCUT2D eigenvalue weighted by Crippen LogP contribution is 2.14. The summed E-state index contributed by atoms with van der Waals surface area (Å²) in [5, 5.41) is 2.71. The predicted molar refractivity (Wildman–Crippen MR) is 83.3 cm³/mol. The van der Waals surface area contributed by atoms with Gasteiger partial charge in [0, 0.05) is 12.1 Å². The zero-order valence-electron chi connectivity index (χ0n) is 12.6. The number of hydrogen-bond donors (Lipinski definition) is 2. The van der Waals surface area contributed by atoms with Crippen molar-refractivity contribution in [1.29, 1.82) is 0 Å². The third-order valence-corrected chi connectivity index (χ3v) is 3.20. The molecule has 0 radical (unpaired) electrons. The van der Waals surface area contributed by atoms with Crippen LogP contribution in [0.25, 0.3) is 0 Å². The van der Waals surface area contributed by atoms with Crippen LogP contribution in [0.5, 0.6) is 5.75 Å². The maximum Gasteiger partial charge on any atom is 0.261 e. The van der Waals surface area contributed by atoms with Crippen LogP contribution in [-0.4, -0.2) is 17.9 Å². The minimum Gasteiger partial charge on any atom is -0.481 e. The highest BCUT2D eigenvalue weighted by atomic mass is 19.1. The van der Waals surface area contributed by atoms with Crippen molar-refractivity contribution in [1.82, 2.24) is 5.32 Å². The monoisotopic (exact) mass is 316 g/mol. The van der Waals surface area contributed by atoms with E-state index in [1.165, 1.54) is 24.3 Å². The molecule has 6 heteroatoms. The Labute approximate surface area is 133 Å². The van der Waals surface area contributed by atoms with E-state index >= 15 is 0 Å². The number of halogens is 1. The smallest absolute Gasteiger partial charge is 0.261 e. The van der Waals surface area contributed by atoms with Crippen molar-refractivity contribution >= 4 is 11.8 Å². The Balaban J connectivity index is 1.86. The SMILES string of the molecule is C[C@@H](Oc1ccc(C(N)=O)cc1)C(=O)NCc1ccc(F)cc1. The van der Waals surface area contributed by atoms with Gasteiger partial charge in [0.25, 0.3) is 5.91 Å². The maximum atomic E-state index is 12.8. The van der Waals surface area contributed by atoms with Crippen LogP contribution in [0.15, 0.2) is 48.5 Å². The van der Waals surface area contributed by atoms with Crippen molar-refractivity contribution in [2.75, 3.05) is 0 Å². The van der Waals surface area contributed by atoms with Crippen molar-refractivity contribution in [3.63, 3.8) is 0 Å². The number of benzene rings is 2. The maximum absolute atomic E-state index is 12.8. The number of nitrogens with one attached hydrogen (secondary N) is 1. The molecule has 5 nitrogen and oxygen atoms in total. The fourth-order valence-electron chi connectivity index (χ4n) is 1.89. The lowest BCUT2D eigenvalue weighted by molar-refractivity contribution is -0.127. The molecule has 0 saturated carbocycles. The Morgan fingerprint density at radius 1 is 1.13 bits per heavy atom. The molecular weight excluding hydrogens is 299 g/mol. The van der Waals surface area contributed by atoms with E-state index in [4.69, 9.17) is 10.5 Å². The molecule has 0 heterocycles. The van der Waals surface area contributed by atoms with E-state index in [2.05, 4.69) is 5.32 Å². The lowest BCUT2D eigenvalue weighted by Gasteiger charge is -2.15. The highest BCUT2D eigenvalue weighted by molar-refractivity contribution is 5.92. The van der Waals surface area contributed by atoms with Crippen LogP contribution >= 0.6 is 0 Å². The molecule has 0 unspecified atom stereocenters. The van der Waals surface area contributed by atoms with Crippen LogP contribution in [0.3, 0.4) is 0 Å². The molecule has 0 fully saturated rings. The number of rotatable bonds is 6. The normalized spacial score (nSPS) is 11.6. The molecule has 2 rings (SSSR count). The van der Waals surface area contributed by atoms with Gasteiger partial charge in [-0.1, -0.05) is 12.1 Å². The van der Waals surface area contributed by atoms with E-state index in [1.54, 1.807) is 31.2 Å². The first-order valence-electron chi connectivity index (χ1n) is 7.04. The predicted octanol–water partition coefficient (Wildman–Crippen LogP) is 2.01. The summed E-state index contributed by atoms with van der Waals surface area (Å²) in [7, 11) is 0. The summed E-state index contributed by atoms with van der Waals surface area (Å²) in [6.07, 6.45) is -0.713. The average molecular weight is 316 g/mol. The summed E-state index contributed by atoms with van der Waals surface area (Å²) in [6.45, 7) is 1.90. The van der Waals surface area contributed by atoms with Crippen LogP contribution in [-0.2, 0) is 11.3 Å². The van der Waals surface area contributed by atoms with Gasteiger partial charge in [-0.25, -0.2) is 4.39 Å². The Hall–Kier alpha value is -2.89. The summed E-state index contributed by atoms with van der Waals surface area (Å²) in [5.41, 5.74) is 6.31. The Morgan fingerprint density at radius 2 is 1.74 bits per heavy atom. The van der Waals surface area contributed by atoms with Gasteiger partial charge in [-0.3, -0.25) is 9.59 Å². The second-order valence-corrected chi connectivity index (χ2v) is 4.99. The number of carbonyl (C=O) groups is 2. The lowest BCUT2D eigenvalue weighted by atomic mass is 10.2. The number of ether oxygens (including phenoxy) is 1. The number of nitrogens with two attached hydrogens (primary N) is 1. The topological polar surface area (TPSA) is 81.4 Å². The minimum absolute atomic E-state index is 0.285. The molecule has 0 aromatic heterocycles. The van der Waals surface area contributed by atoms with Crippen molar-refractivity contribution in [2.24, 2.45) is 5.73 Å². The molecule has 0 aliphatic carbocycles. The Bertz CT molecular complexity index is 684. The van der Waals surface area contributed by atoms with E-state index in [9.17, 15) is 14.0 Å². The third-order valence-electron chi connectivity index (χ3n) is 3.20. The lowest BCUT2D eigenvalue weighted by Crippen LogP contribution is -2.35. The second-order valence-electron chi connectivity index (χ2n) is 4.99. The first-order valence-corrected chi connectivity index (χ1v) is 7.04. The quantitative estimate of drug-likeness (QED) is 0.855. The van der Waals surface area contributed by atoms with E-state index in [0.717, 1.165) is 5.56 Å². The van der Waals surface area contributed by atoms with Crippen LogP contribution in [0.2, 0.25) is 0 Å². The van der Waals surface area contributed by atoms with Gasteiger partial charge in [0.1, 0.15) is 11.6 Å². The van der Waals surface area contributed by atoms with E-state index < -0.39 is 12.0 Å². The summed E-state index contributed by atoms with van der Waals surface area (Å²) >= 11 is 0. The van der Waals surface area contributed by atoms with Crippen molar-refractivity contribution in [3.05, 3.63) is 65.5 Å². The molecule has 0 saturated heterocycles. The molecule has 1 atom stereocenters. The number of primary amides is 1. The molecule has 3 N–H and O–H groups in total. The molecule has 120 valence electrons.